The van der Waals surface area contributed by atoms with Crippen LogP contribution in [0.25, 0.3) is 0 Å². The van der Waals surface area contributed by atoms with Crippen molar-refractivity contribution in [2.24, 2.45) is 0 Å². The van der Waals surface area contributed by atoms with Crippen molar-refractivity contribution in [2.45, 2.75) is 22.8 Å². The fourth-order valence-electron chi connectivity index (χ4n) is 3.79. The first-order chi connectivity index (χ1) is 14.1. The molecule has 2 nitrogen and oxygen atoms in total. The molecule has 1 unspecified atom stereocenters. The zero-order valence-electron chi connectivity index (χ0n) is 17.2. The van der Waals surface area contributed by atoms with Gasteiger partial charge in [0.25, 0.3) is 0 Å². The van der Waals surface area contributed by atoms with Gasteiger partial charge in [-0.3, -0.25) is 4.90 Å². The van der Waals surface area contributed by atoms with Crippen molar-refractivity contribution in [3.05, 3.63) is 88.4 Å². The monoisotopic (exact) mass is 514 g/mol. The Bertz CT molecular complexity index is 963. The molecule has 4 rings (SSSR count). The smallest absolute Gasteiger partial charge is 0.0545 e. The van der Waals surface area contributed by atoms with Gasteiger partial charge in [0.15, 0.2) is 0 Å². The Labute approximate surface area is 211 Å². The third-order valence-corrected chi connectivity index (χ3v) is 7.31. The lowest BCUT2D eigenvalue weighted by atomic mass is 10.1. The predicted molar refractivity (Wildman–Crippen MR) is 140 cm³/mol. The number of anilines is 1. The van der Waals surface area contributed by atoms with E-state index in [1.165, 1.54) is 16.1 Å². The minimum Gasteiger partial charge on any atom is -0.369 e. The molecule has 0 spiro atoms. The molecule has 0 N–H and O–H groups in total. The summed E-state index contributed by atoms with van der Waals surface area (Å²) in [4.78, 5) is 7.28. The summed E-state index contributed by atoms with van der Waals surface area (Å²) in [5.74, 6) is 0. The van der Waals surface area contributed by atoms with Crippen molar-refractivity contribution in [2.75, 3.05) is 31.1 Å². The van der Waals surface area contributed by atoms with Crippen LogP contribution in [0.15, 0.2) is 82.6 Å². The molecule has 1 saturated heterocycles. The molecule has 1 aliphatic heterocycles. The van der Waals surface area contributed by atoms with Crippen LogP contribution in [0, 0.1) is 0 Å². The largest absolute Gasteiger partial charge is 0.369 e. The summed E-state index contributed by atoms with van der Waals surface area (Å²) in [6.07, 6.45) is 0. The highest BCUT2D eigenvalue weighted by atomic mass is 35.5. The molecule has 1 atom stereocenters. The third kappa shape index (κ3) is 6.47. The minimum atomic E-state index is 0. The molecule has 166 valence electrons. The highest BCUT2D eigenvalue weighted by Gasteiger charge is 2.24. The second kappa shape index (κ2) is 12.2. The van der Waals surface area contributed by atoms with Crippen LogP contribution in [0.3, 0.4) is 0 Å². The third-order valence-electron chi connectivity index (χ3n) is 5.46. The van der Waals surface area contributed by atoms with Gasteiger partial charge in [0, 0.05) is 52.7 Å². The van der Waals surface area contributed by atoms with E-state index in [2.05, 4.69) is 65.3 Å². The summed E-state index contributed by atoms with van der Waals surface area (Å²) in [7, 11) is 0. The number of hydrogen-bond donors (Lipinski definition) is 0. The maximum absolute atomic E-state index is 6.40. The van der Waals surface area contributed by atoms with Crippen molar-refractivity contribution in [1.29, 1.82) is 0 Å². The molecule has 0 aromatic heterocycles. The molecule has 31 heavy (non-hydrogen) atoms. The Morgan fingerprint density at radius 2 is 1.42 bits per heavy atom. The quantitative estimate of drug-likeness (QED) is 0.341. The van der Waals surface area contributed by atoms with Crippen LogP contribution in [-0.2, 0) is 0 Å². The fraction of sp³-hybridized carbons (Fsp3) is 0.250. The molecule has 1 fully saturated rings. The summed E-state index contributed by atoms with van der Waals surface area (Å²) >= 11 is 14.5. The Kier molecular flexibility index (Phi) is 10.3. The topological polar surface area (TPSA) is 6.48 Å². The summed E-state index contributed by atoms with van der Waals surface area (Å²) in [6.45, 7) is 6.39. The van der Waals surface area contributed by atoms with Gasteiger partial charge in [-0.15, -0.1) is 24.8 Å². The van der Waals surface area contributed by atoms with Crippen LogP contribution in [0.4, 0.5) is 5.69 Å². The normalized spacial score (nSPS) is 15.0. The first kappa shape index (κ1) is 26.2. The van der Waals surface area contributed by atoms with Crippen molar-refractivity contribution in [3.63, 3.8) is 0 Å². The molecule has 3 aromatic rings. The Balaban J connectivity index is 0.00000171. The number of rotatable bonds is 5. The van der Waals surface area contributed by atoms with E-state index >= 15 is 0 Å². The zero-order valence-corrected chi connectivity index (χ0v) is 21.2. The second-order valence-electron chi connectivity index (χ2n) is 7.25. The van der Waals surface area contributed by atoms with Gasteiger partial charge in [-0.1, -0.05) is 65.3 Å². The highest BCUT2D eigenvalue weighted by Crippen LogP contribution is 2.39. The SMILES string of the molecule is CC(c1cc(Cl)ccc1Sc1ccccc1Cl)N1CCN(c2ccccc2)CC1.Cl.Cl. The van der Waals surface area contributed by atoms with Gasteiger partial charge in [-0.2, -0.15) is 0 Å². The molecule has 7 heteroatoms. The Hall–Kier alpha value is -1.07. The molecule has 0 aliphatic carbocycles. The first-order valence-corrected chi connectivity index (χ1v) is 11.4. The summed E-state index contributed by atoms with van der Waals surface area (Å²) in [6, 6.07) is 25.1. The molecule has 0 amide bonds. The van der Waals surface area contributed by atoms with Crippen LogP contribution >= 0.6 is 59.8 Å². The number of halogens is 4. The van der Waals surface area contributed by atoms with E-state index in [9.17, 15) is 0 Å². The maximum Gasteiger partial charge on any atom is 0.0545 e. The van der Waals surface area contributed by atoms with Crippen LogP contribution in [-0.4, -0.2) is 31.1 Å². The lowest BCUT2D eigenvalue weighted by Gasteiger charge is -2.39. The van der Waals surface area contributed by atoms with Crippen molar-refractivity contribution in [1.82, 2.24) is 4.90 Å². The van der Waals surface area contributed by atoms with E-state index in [1.807, 2.05) is 24.3 Å². The fourth-order valence-corrected chi connectivity index (χ4v) is 5.25. The summed E-state index contributed by atoms with van der Waals surface area (Å²) in [5.41, 5.74) is 2.56. The standard InChI is InChI=1S/C24H24Cl2N2S.2ClH/c1-18(27-13-15-28(16-14-27)20-7-3-2-4-8-20)21-17-19(25)11-12-23(21)29-24-10-6-5-9-22(24)26;;/h2-12,17-18H,13-16H2,1H3;2*1H. The van der Waals surface area contributed by atoms with E-state index in [1.54, 1.807) is 11.8 Å². The number of para-hydroxylation sites is 1. The van der Waals surface area contributed by atoms with Gasteiger partial charge < -0.3 is 4.90 Å². The first-order valence-electron chi connectivity index (χ1n) is 9.88. The van der Waals surface area contributed by atoms with E-state index in [-0.39, 0.29) is 30.9 Å². The predicted octanol–water partition coefficient (Wildman–Crippen LogP) is 7.87. The number of benzene rings is 3. The summed E-state index contributed by atoms with van der Waals surface area (Å²) < 4.78 is 0. The van der Waals surface area contributed by atoms with Crippen LogP contribution in [0.1, 0.15) is 18.5 Å². The van der Waals surface area contributed by atoms with Gasteiger partial charge >= 0.3 is 0 Å². The van der Waals surface area contributed by atoms with Gasteiger partial charge in [-0.25, -0.2) is 0 Å². The van der Waals surface area contributed by atoms with E-state index in [0.717, 1.165) is 41.1 Å². The average molecular weight is 516 g/mol. The lowest BCUT2D eigenvalue weighted by molar-refractivity contribution is 0.196. The molecule has 1 heterocycles. The highest BCUT2D eigenvalue weighted by molar-refractivity contribution is 7.99. The number of hydrogen-bond acceptors (Lipinski definition) is 3. The van der Waals surface area contributed by atoms with E-state index < -0.39 is 0 Å². The van der Waals surface area contributed by atoms with Crippen LogP contribution in [0.5, 0.6) is 0 Å². The lowest BCUT2D eigenvalue weighted by Crippen LogP contribution is -2.47. The van der Waals surface area contributed by atoms with Gasteiger partial charge in [-0.05, 0) is 55.0 Å². The average Bonchev–Trinajstić information content (AvgIpc) is 2.77. The molecule has 0 radical (unpaired) electrons. The second-order valence-corrected chi connectivity index (χ2v) is 9.18. The van der Waals surface area contributed by atoms with E-state index in [4.69, 9.17) is 23.2 Å². The zero-order chi connectivity index (χ0) is 20.2. The minimum absolute atomic E-state index is 0. The molecule has 0 saturated carbocycles. The van der Waals surface area contributed by atoms with Crippen LogP contribution in [0.2, 0.25) is 10.0 Å². The van der Waals surface area contributed by atoms with E-state index in [0.29, 0.717) is 0 Å². The van der Waals surface area contributed by atoms with Crippen molar-refractivity contribution >= 4 is 65.5 Å². The molecule has 1 aliphatic rings. The van der Waals surface area contributed by atoms with Crippen LogP contribution < -0.4 is 4.90 Å². The Morgan fingerprint density at radius 1 is 0.774 bits per heavy atom. The van der Waals surface area contributed by atoms with Gasteiger partial charge in [0.2, 0.25) is 0 Å². The van der Waals surface area contributed by atoms with Crippen molar-refractivity contribution < 1.29 is 0 Å². The maximum atomic E-state index is 6.40. The number of nitrogens with zero attached hydrogens (tertiary/aromatic N) is 2. The Morgan fingerprint density at radius 3 is 2.10 bits per heavy atom. The molecule has 3 aromatic carbocycles. The van der Waals surface area contributed by atoms with Gasteiger partial charge in [0.05, 0.1) is 5.02 Å². The van der Waals surface area contributed by atoms with Gasteiger partial charge in [0.1, 0.15) is 0 Å². The number of piperazine rings is 1. The van der Waals surface area contributed by atoms with Crippen molar-refractivity contribution in [3.8, 4) is 0 Å². The molecular formula is C24H26Cl4N2S. The molecular weight excluding hydrogens is 490 g/mol. The summed E-state index contributed by atoms with van der Waals surface area (Å²) in [5, 5.41) is 1.56. The molecule has 0 bridgehead atoms.